The van der Waals surface area contributed by atoms with Gasteiger partial charge in [0.25, 0.3) is 0 Å². The van der Waals surface area contributed by atoms with Crippen LogP contribution in [0.15, 0.2) is 12.7 Å². The minimum Gasteiger partial charge on any atom is -0.468 e. The van der Waals surface area contributed by atoms with Crippen molar-refractivity contribution in [1.29, 1.82) is 0 Å². The Morgan fingerprint density at radius 1 is 1.62 bits per heavy atom. The molecule has 0 fully saturated rings. The molecule has 1 unspecified atom stereocenters. The van der Waals surface area contributed by atoms with Gasteiger partial charge in [-0.05, 0) is 18.9 Å². The minimum atomic E-state index is -0.204. The second kappa shape index (κ2) is 6.66. The smallest absolute Gasteiger partial charge is 0.323 e. The first-order valence-corrected chi connectivity index (χ1v) is 4.55. The standard InChI is InChI=1S/C10H19NO2/c1-5-6-7-11-9(8(2)3)10(12)13-4/h5,8-9,11H,1,6-7H2,2-4H3. The molecule has 0 saturated carbocycles. The van der Waals surface area contributed by atoms with E-state index in [1.165, 1.54) is 7.11 Å². The predicted molar refractivity (Wildman–Crippen MR) is 53.5 cm³/mol. The van der Waals surface area contributed by atoms with Crippen molar-refractivity contribution < 1.29 is 9.53 Å². The Morgan fingerprint density at radius 2 is 2.23 bits per heavy atom. The summed E-state index contributed by atoms with van der Waals surface area (Å²) in [6.07, 6.45) is 2.68. The maximum absolute atomic E-state index is 11.2. The third kappa shape index (κ3) is 4.68. The van der Waals surface area contributed by atoms with Crippen LogP contribution in [0.5, 0.6) is 0 Å². The Hall–Kier alpha value is -0.830. The van der Waals surface area contributed by atoms with Crippen LogP contribution in [0.1, 0.15) is 20.3 Å². The van der Waals surface area contributed by atoms with E-state index in [-0.39, 0.29) is 17.9 Å². The summed E-state index contributed by atoms with van der Waals surface area (Å²) in [5.41, 5.74) is 0. The summed E-state index contributed by atoms with van der Waals surface area (Å²) in [4.78, 5) is 11.2. The molecule has 0 amide bonds. The highest BCUT2D eigenvalue weighted by atomic mass is 16.5. The number of rotatable bonds is 6. The molecule has 13 heavy (non-hydrogen) atoms. The van der Waals surface area contributed by atoms with Crippen LogP contribution >= 0.6 is 0 Å². The van der Waals surface area contributed by atoms with Gasteiger partial charge >= 0.3 is 5.97 Å². The number of hydrogen-bond acceptors (Lipinski definition) is 3. The Bertz CT molecular complexity index is 166. The summed E-state index contributed by atoms with van der Waals surface area (Å²) in [5.74, 6) is 0.0522. The number of hydrogen-bond donors (Lipinski definition) is 1. The van der Waals surface area contributed by atoms with Crippen LogP contribution in [0.4, 0.5) is 0 Å². The number of ether oxygens (including phenoxy) is 1. The van der Waals surface area contributed by atoms with Gasteiger partial charge in [-0.3, -0.25) is 4.79 Å². The third-order valence-electron chi connectivity index (χ3n) is 1.83. The average molecular weight is 185 g/mol. The summed E-state index contributed by atoms with van der Waals surface area (Å²) in [6, 6.07) is -0.204. The summed E-state index contributed by atoms with van der Waals surface area (Å²) in [6.45, 7) is 8.35. The van der Waals surface area contributed by atoms with Crippen molar-refractivity contribution in [2.75, 3.05) is 13.7 Å². The van der Waals surface area contributed by atoms with Crippen molar-refractivity contribution in [3.8, 4) is 0 Å². The minimum absolute atomic E-state index is 0.195. The van der Waals surface area contributed by atoms with E-state index in [0.717, 1.165) is 13.0 Å². The van der Waals surface area contributed by atoms with Gasteiger partial charge in [-0.25, -0.2) is 0 Å². The number of nitrogens with one attached hydrogen (secondary N) is 1. The maximum Gasteiger partial charge on any atom is 0.323 e. The quantitative estimate of drug-likeness (QED) is 0.385. The molecule has 0 aromatic rings. The normalized spacial score (nSPS) is 12.6. The van der Waals surface area contributed by atoms with Gasteiger partial charge in [0, 0.05) is 0 Å². The lowest BCUT2D eigenvalue weighted by Gasteiger charge is -2.19. The van der Waals surface area contributed by atoms with Crippen LogP contribution in [-0.2, 0) is 9.53 Å². The first kappa shape index (κ1) is 12.2. The molecule has 0 spiro atoms. The van der Waals surface area contributed by atoms with E-state index in [4.69, 9.17) is 0 Å². The Morgan fingerprint density at radius 3 is 2.62 bits per heavy atom. The molecule has 76 valence electrons. The molecule has 3 heteroatoms. The van der Waals surface area contributed by atoms with Crippen molar-refractivity contribution in [1.82, 2.24) is 5.32 Å². The molecular weight excluding hydrogens is 166 g/mol. The molecule has 1 N–H and O–H groups in total. The topological polar surface area (TPSA) is 38.3 Å². The fraction of sp³-hybridized carbons (Fsp3) is 0.700. The fourth-order valence-corrected chi connectivity index (χ4v) is 1.06. The van der Waals surface area contributed by atoms with Crippen molar-refractivity contribution in [3.05, 3.63) is 12.7 Å². The zero-order chi connectivity index (χ0) is 10.3. The van der Waals surface area contributed by atoms with Gasteiger partial charge in [-0.1, -0.05) is 19.9 Å². The molecule has 0 saturated heterocycles. The predicted octanol–water partition coefficient (Wildman–Crippen LogP) is 1.35. The molecule has 0 aliphatic carbocycles. The highest BCUT2D eigenvalue weighted by Gasteiger charge is 2.21. The molecule has 3 nitrogen and oxygen atoms in total. The van der Waals surface area contributed by atoms with E-state index >= 15 is 0 Å². The molecule has 0 aliphatic heterocycles. The van der Waals surface area contributed by atoms with Gasteiger partial charge in [0.1, 0.15) is 6.04 Å². The van der Waals surface area contributed by atoms with Crippen LogP contribution in [0.25, 0.3) is 0 Å². The second-order valence-corrected chi connectivity index (χ2v) is 3.28. The SMILES string of the molecule is C=CCCNC(C(=O)OC)C(C)C. The molecule has 0 rings (SSSR count). The van der Waals surface area contributed by atoms with Crippen molar-refractivity contribution in [2.45, 2.75) is 26.3 Å². The van der Waals surface area contributed by atoms with Crippen molar-refractivity contribution >= 4 is 5.97 Å². The zero-order valence-corrected chi connectivity index (χ0v) is 8.67. The molecule has 0 bridgehead atoms. The highest BCUT2D eigenvalue weighted by Crippen LogP contribution is 2.03. The molecule has 1 atom stereocenters. The number of carbonyl (C=O) groups is 1. The van der Waals surface area contributed by atoms with Crippen LogP contribution in [-0.4, -0.2) is 25.7 Å². The largest absolute Gasteiger partial charge is 0.468 e. The number of esters is 1. The Balaban J connectivity index is 3.94. The van der Waals surface area contributed by atoms with Crippen molar-refractivity contribution in [2.24, 2.45) is 5.92 Å². The molecular formula is C10H19NO2. The molecule has 0 aliphatic rings. The van der Waals surface area contributed by atoms with Crippen molar-refractivity contribution in [3.63, 3.8) is 0 Å². The monoisotopic (exact) mass is 185 g/mol. The van der Waals surface area contributed by atoms with Gasteiger partial charge in [-0.2, -0.15) is 0 Å². The van der Waals surface area contributed by atoms with E-state index < -0.39 is 0 Å². The zero-order valence-electron chi connectivity index (χ0n) is 8.67. The van der Waals surface area contributed by atoms with Gasteiger partial charge in [-0.15, -0.1) is 6.58 Å². The maximum atomic E-state index is 11.2. The average Bonchev–Trinajstić information content (AvgIpc) is 2.11. The number of methoxy groups -OCH3 is 1. The van der Waals surface area contributed by atoms with Gasteiger partial charge in [0.15, 0.2) is 0 Å². The lowest BCUT2D eigenvalue weighted by Crippen LogP contribution is -2.42. The van der Waals surface area contributed by atoms with Crippen LogP contribution in [0.2, 0.25) is 0 Å². The second-order valence-electron chi connectivity index (χ2n) is 3.28. The first-order valence-electron chi connectivity index (χ1n) is 4.55. The number of carbonyl (C=O) groups excluding carboxylic acids is 1. The van der Waals surface area contributed by atoms with E-state index in [2.05, 4.69) is 16.6 Å². The molecule has 0 radical (unpaired) electrons. The van der Waals surface area contributed by atoms with Crippen LogP contribution in [0, 0.1) is 5.92 Å². The third-order valence-corrected chi connectivity index (χ3v) is 1.83. The van der Waals surface area contributed by atoms with Crippen LogP contribution in [0.3, 0.4) is 0 Å². The van der Waals surface area contributed by atoms with Gasteiger partial charge in [0.2, 0.25) is 0 Å². The summed E-state index contributed by atoms with van der Waals surface area (Å²) >= 11 is 0. The molecule has 0 aromatic carbocycles. The van der Waals surface area contributed by atoms with Gasteiger partial charge in [0.05, 0.1) is 7.11 Å². The Labute approximate surface area is 80.2 Å². The van der Waals surface area contributed by atoms with Gasteiger partial charge < -0.3 is 10.1 Å². The van der Waals surface area contributed by atoms with E-state index in [1.807, 2.05) is 19.9 Å². The van der Waals surface area contributed by atoms with E-state index in [0.29, 0.717) is 0 Å². The lowest BCUT2D eigenvalue weighted by atomic mass is 10.0. The Kier molecular flexibility index (Phi) is 6.24. The molecule has 0 heterocycles. The van der Waals surface area contributed by atoms with E-state index in [9.17, 15) is 4.79 Å². The lowest BCUT2D eigenvalue weighted by molar-refractivity contribution is -0.144. The summed E-state index contributed by atoms with van der Waals surface area (Å²) in [5, 5.41) is 3.12. The summed E-state index contributed by atoms with van der Waals surface area (Å²) < 4.78 is 4.68. The van der Waals surface area contributed by atoms with Crippen LogP contribution < -0.4 is 5.32 Å². The molecule has 0 aromatic heterocycles. The first-order chi connectivity index (χ1) is 6.13. The van der Waals surface area contributed by atoms with E-state index in [1.54, 1.807) is 0 Å². The fourth-order valence-electron chi connectivity index (χ4n) is 1.06. The summed E-state index contributed by atoms with van der Waals surface area (Å²) in [7, 11) is 1.41. The highest BCUT2D eigenvalue weighted by molar-refractivity contribution is 5.75.